The molecule has 0 saturated heterocycles. The van der Waals surface area contributed by atoms with Gasteiger partial charge in [0.25, 0.3) is 0 Å². The quantitative estimate of drug-likeness (QED) is 0.0422. The van der Waals surface area contributed by atoms with Crippen LogP contribution in [-0.4, -0.2) is 28.2 Å². The van der Waals surface area contributed by atoms with E-state index in [4.69, 9.17) is 18.9 Å². The Morgan fingerprint density at radius 2 is 0.469 bits per heavy atom. The van der Waals surface area contributed by atoms with E-state index in [-0.39, 0.29) is 146 Å². The second-order valence-corrected chi connectivity index (χ2v) is 57.6. The third kappa shape index (κ3) is 40.6. The molecule has 0 unspecified atom stereocenters. The minimum absolute atomic E-state index is 0.000856. The van der Waals surface area contributed by atoms with E-state index in [9.17, 15) is 4.79 Å². The maximum atomic E-state index is 11.9. The van der Waals surface area contributed by atoms with Gasteiger partial charge in [-0.15, -0.1) is 0 Å². The summed E-state index contributed by atoms with van der Waals surface area (Å²) < 4.78 is 35.9. The van der Waals surface area contributed by atoms with Crippen LogP contribution in [-0.2, 0) is 43.9 Å². The lowest BCUT2D eigenvalue weighted by molar-refractivity contribution is -0.597. The third-order valence-corrected chi connectivity index (χ3v) is 39.7. The van der Waals surface area contributed by atoms with Gasteiger partial charge in [0.15, 0.2) is 72.6 Å². The molecule has 18 rings (SSSR count). The van der Waals surface area contributed by atoms with Crippen LogP contribution in [0.5, 0.6) is 23.0 Å². The van der Waals surface area contributed by atoms with Gasteiger partial charge in [0, 0.05) is 12.8 Å². The monoisotopic (exact) mass is 2420 g/mol. The number of aryl methyl sites for hydroxylation is 5. The van der Waals surface area contributed by atoms with E-state index in [1.54, 1.807) is 0 Å². The molecular weight excluding hydrogens is 2280 g/mol. The van der Waals surface area contributed by atoms with E-state index in [2.05, 4.69) is 542 Å². The number of ketones is 1. The van der Waals surface area contributed by atoms with Crippen molar-refractivity contribution >= 4 is 38.5 Å². The standard InChI is InChI=1S/C30H37O3S.C26H31O2S.C24H25S.2C14H14I.C13H12I.C12H10I/c1-8-23(31)21-22-9-15-26(16-10-22)34(27-17-11-24(12-18-27)32-29(2,3)4)28-19-13-25(14-20-28)33-30(5,6)7;1-25(2,3)27-20-12-16-23(17-13-20)29(22-10-8-7-9-11-22)24-18-14-21(15-19-24)28-26(4,5)6;1-4-10-20(11-5-1)21-16-18-24(19-17-21)25(22-12-6-2-7-13-22)23-14-8-3-9-15-23;1-11-3-7-13(8-4-11)15-14-9-5-12(2)6-10-14;1-11-8-9-14(10-12(11)2)15-13-6-4-3-5-7-13;1-11-7-9-13(10-8-11)14-12-5-3-2-4-6-12;1-3-7-11(8-4-1)13-12-9-5-2-6-10-12/h9-20H,8,21H2,1-7H3;7-19H,1-6H3;2-3,6-9,12-20H,1,4-5,10-11H2;2*3-10H,1-2H3;2-10H,1H3;1-10H/q7*+1. The fourth-order valence-electron chi connectivity index (χ4n) is 15.3. The molecule has 5 nitrogen and oxygen atoms in total. The summed E-state index contributed by atoms with van der Waals surface area (Å²) in [6, 6.07) is 161. The molecule has 1 aliphatic carbocycles. The smallest absolute Gasteiger partial charge is 0.357 e. The number of carbonyl (C=O) groups is 1. The van der Waals surface area contributed by atoms with Gasteiger partial charge in [-0.25, -0.2) is 0 Å². The van der Waals surface area contributed by atoms with Crippen molar-refractivity contribution in [1.29, 1.82) is 0 Å². The molecule has 0 amide bonds. The molecule has 0 spiro atoms. The predicted molar refractivity (Wildman–Crippen MR) is 596 cm³/mol. The van der Waals surface area contributed by atoms with E-state index >= 15 is 0 Å². The number of rotatable bonds is 25. The van der Waals surface area contributed by atoms with Crippen molar-refractivity contribution in [2.24, 2.45) is 0 Å². The normalized spacial score (nSPS) is 11.9. The van der Waals surface area contributed by atoms with Crippen LogP contribution in [0, 0.1) is 63.2 Å². The van der Waals surface area contributed by atoms with Crippen LogP contribution < -0.4 is 104 Å². The van der Waals surface area contributed by atoms with Crippen LogP contribution in [0.1, 0.15) is 173 Å². The Morgan fingerprint density at radius 1 is 0.248 bits per heavy atom. The predicted octanol–water partition coefficient (Wildman–Crippen LogP) is 22.4. The number of Topliss-reactive ketones (excluding diaryl/α,β-unsaturated/α-hetero) is 1. The number of hydrogen-bond acceptors (Lipinski definition) is 5. The molecule has 0 aliphatic heterocycles. The third-order valence-electron chi connectivity index (χ3n) is 22.3. The summed E-state index contributed by atoms with van der Waals surface area (Å²) in [5.41, 5.74) is 8.52. The molecule has 0 bridgehead atoms. The minimum Gasteiger partial charge on any atom is -0.488 e. The fourth-order valence-corrected chi connectivity index (χ4v) is 30.6. The highest BCUT2D eigenvalue weighted by Crippen LogP contribution is 2.39. The van der Waals surface area contributed by atoms with Crippen molar-refractivity contribution in [1.82, 2.24) is 0 Å². The highest BCUT2D eigenvalue weighted by atomic mass is 127. The van der Waals surface area contributed by atoms with Crippen molar-refractivity contribution in [2.45, 2.75) is 242 Å². The Kier molecular flexibility index (Phi) is 45.2. The summed E-state index contributed by atoms with van der Waals surface area (Å²) in [4.78, 5) is 23.5. The van der Waals surface area contributed by atoms with E-state index in [1.807, 2.05) is 31.2 Å². The number of benzene rings is 17. The van der Waals surface area contributed by atoms with Gasteiger partial charge in [-0.3, -0.25) is 4.79 Å². The zero-order valence-corrected chi connectivity index (χ0v) is 98.6. The summed E-state index contributed by atoms with van der Waals surface area (Å²) in [5, 5.41) is 0. The molecule has 0 N–H and O–H groups in total. The number of carbonyl (C=O) groups excluding carboxylic acids is 1. The molecule has 17 aromatic carbocycles. The SMILES string of the molecule is CC(C)(C)Oc1ccc([S+](c2ccccc2)c2ccc(OC(C)(C)C)cc2)cc1.CCC(=O)Cc1ccc([S+](c2ccc(OC(C)(C)C)cc2)c2ccc(OC(C)(C)C)cc2)cc1.Cc1ccc([I+]c2ccc(C)cc2)cc1.Cc1ccc([I+]c2ccccc2)cc1.Cc1ccc([I+]c2ccccc2)cc1C.c1ccc([I+]c2ccccc2)cc1.c1ccc([S+](c2ccccc2)c2ccc(C3CCCCC3)cc2)cc1. The zero-order chi connectivity index (χ0) is 103. The fraction of sp³-hybridized carbons (Fsp3) is 0.226. The summed E-state index contributed by atoms with van der Waals surface area (Å²) in [7, 11) is -0.513. The molecule has 0 aromatic heterocycles. The summed E-state index contributed by atoms with van der Waals surface area (Å²) >= 11 is 0.0469. The molecule has 145 heavy (non-hydrogen) atoms. The highest BCUT2D eigenvalue weighted by molar-refractivity contribution is 7.97. The highest BCUT2D eigenvalue weighted by Gasteiger charge is 2.34. The minimum atomic E-state index is -0.296. The molecule has 0 radical (unpaired) electrons. The van der Waals surface area contributed by atoms with E-state index < -0.39 is 0 Å². The Bertz CT molecular complexity index is 6360. The van der Waals surface area contributed by atoms with Crippen molar-refractivity contribution in [2.75, 3.05) is 0 Å². The van der Waals surface area contributed by atoms with Crippen molar-refractivity contribution < 1.29 is 109 Å². The lowest BCUT2D eigenvalue weighted by atomic mass is 9.84. The number of ether oxygens (including phenoxy) is 4. The van der Waals surface area contributed by atoms with Gasteiger partial charge in [0.1, 0.15) is 51.2 Å². The van der Waals surface area contributed by atoms with Crippen LogP contribution >= 0.6 is 0 Å². The first-order chi connectivity index (χ1) is 69.7. The Labute approximate surface area is 918 Å². The number of hydrogen-bond donors (Lipinski definition) is 0. The topological polar surface area (TPSA) is 54.0 Å². The lowest BCUT2D eigenvalue weighted by Crippen LogP contribution is -3.61. The van der Waals surface area contributed by atoms with Crippen LogP contribution in [0.2, 0.25) is 0 Å². The van der Waals surface area contributed by atoms with Gasteiger partial charge in [0.05, 0.1) is 32.7 Å². The molecule has 17 aromatic rings. The largest absolute Gasteiger partial charge is 0.488 e. The van der Waals surface area contributed by atoms with Gasteiger partial charge in [-0.1, -0.05) is 237 Å². The molecular formula is C133H143I4O5S3+7. The van der Waals surface area contributed by atoms with Crippen LogP contribution in [0.3, 0.4) is 0 Å². The second-order valence-electron chi connectivity index (χ2n) is 39.4. The molecule has 1 saturated carbocycles. The van der Waals surface area contributed by atoms with Crippen molar-refractivity contribution in [3.05, 3.63) is 516 Å². The van der Waals surface area contributed by atoms with Gasteiger partial charge in [0.2, 0.25) is 0 Å². The van der Waals surface area contributed by atoms with Crippen molar-refractivity contribution in [3.8, 4) is 23.0 Å². The molecule has 744 valence electrons. The number of halogens is 4. The summed E-state index contributed by atoms with van der Waals surface area (Å²) in [6.07, 6.45) is 7.99. The van der Waals surface area contributed by atoms with Gasteiger partial charge in [-0.2, -0.15) is 0 Å². The molecule has 12 heteroatoms. The van der Waals surface area contributed by atoms with E-state index in [0.29, 0.717) is 12.8 Å². The van der Waals surface area contributed by atoms with E-state index in [0.717, 1.165) is 34.5 Å². The Hall–Kier alpha value is -10.4. The summed E-state index contributed by atoms with van der Waals surface area (Å²) in [6.45, 7) is 37.4. The van der Waals surface area contributed by atoms with Gasteiger partial charge < -0.3 is 18.9 Å². The molecule has 0 atom stereocenters. The van der Waals surface area contributed by atoms with Crippen LogP contribution in [0.15, 0.2) is 493 Å². The second kappa shape index (κ2) is 57.8. The Balaban J connectivity index is 0.000000155. The zero-order valence-electron chi connectivity index (χ0n) is 87.5. The average Bonchev–Trinajstić information content (AvgIpc) is 0.833. The Morgan fingerprint density at radius 3 is 0.717 bits per heavy atom. The average molecular weight is 2430 g/mol. The van der Waals surface area contributed by atoms with E-state index in [1.165, 1.54) is 138 Å². The maximum absolute atomic E-state index is 11.9. The summed E-state index contributed by atoms with van der Waals surface area (Å²) in [5.74, 6) is 4.55. The van der Waals surface area contributed by atoms with Crippen LogP contribution in [0.25, 0.3) is 0 Å². The lowest BCUT2D eigenvalue weighted by Gasteiger charge is -2.22. The molecule has 1 aliphatic rings. The van der Waals surface area contributed by atoms with Gasteiger partial charge >= 0.3 is 84.8 Å². The first-order valence-corrected chi connectivity index (χ1v) is 62.4. The first kappa shape index (κ1) is 113. The van der Waals surface area contributed by atoms with Crippen molar-refractivity contribution in [3.63, 3.8) is 0 Å². The molecule has 0 heterocycles. The molecule has 1 fully saturated rings. The first-order valence-electron chi connectivity index (χ1n) is 50.1. The van der Waals surface area contributed by atoms with Gasteiger partial charge in [-0.05, 0) is 414 Å². The van der Waals surface area contributed by atoms with Crippen LogP contribution in [0.4, 0.5) is 0 Å². The maximum Gasteiger partial charge on any atom is 0.357 e.